The Kier molecular flexibility index (Phi) is 2.89. The predicted molar refractivity (Wildman–Crippen MR) is 81.0 cm³/mol. The third-order valence-corrected chi connectivity index (χ3v) is 3.87. The highest BCUT2D eigenvalue weighted by molar-refractivity contribution is 5.79. The van der Waals surface area contributed by atoms with Gasteiger partial charge in [-0.25, -0.2) is 9.37 Å². The van der Waals surface area contributed by atoms with Crippen molar-refractivity contribution in [3.63, 3.8) is 0 Å². The largest absolute Gasteiger partial charge is 0.371 e. The molecule has 1 aromatic carbocycles. The summed E-state index contributed by atoms with van der Waals surface area (Å²) in [6.45, 7) is 1.75. The molecule has 110 valence electrons. The molecule has 5 nitrogen and oxygen atoms in total. The van der Waals surface area contributed by atoms with Crippen LogP contribution >= 0.6 is 0 Å². The van der Waals surface area contributed by atoms with Gasteiger partial charge in [-0.15, -0.1) is 0 Å². The third kappa shape index (κ3) is 1.95. The lowest BCUT2D eigenvalue weighted by molar-refractivity contribution is 0.618. The van der Waals surface area contributed by atoms with E-state index in [2.05, 4.69) is 15.3 Å². The lowest BCUT2D eigenvalue weighted by atomic mass is 10.0. The fraction of sp³-hybridized carbons (Fsp3) is 0.188. The average Bonchev–Trinajstić information content (AvgIpc) is 2.54. The first-order valence-corrected chi connectivity index (χ1v) is 7.19. The van der Waals surface area contributed by atoms with Crippen LogP contribution in [0.1, 0.15) is 6.42 Å². The lowest BCUT2D eigenvalue weighted by Crippen LogP contribution is -2.24. The van der Waals surface area contributed by atoms with E-state index >= 15 is 0 Å². The van der Waals surface area contributed by atoms with E-state index in [4.69, 9.17) is 5.41 Å². The molecule has 0 spiro atoms. The summed E-state index contributed by atoms with van der Waals surface area (Å²) in [5, 5.41) is 11.2. The molecule has 3 aliphatic heterocycles. The van der Waals surface area contributed by atoms with E-state index in [1.165, 1.54) is 6.07 Å². The summed E-state index contributed by atoms with van der Waals surface area (Å²) in [5.41, 5.74) is 1.52. The molecule has 0 aliphatic carbocycles. The van der Waals surface area contributed by atoms with Gasteiger partial charge in [0.25, 0.3) is 0 Å². The van der Waals surface area contributed by atoms with Gasteiger partial charge in [0.15, 0.2) is 0 Å². The normalized spacial score (nSPS) is 13.7. The number of rotatable bonds is 1. The summed E-state index contributed by atoms with van der Waals surface area (Å²) in [5.74, 6) is 1.29. The van der Waals surface area contributed by atoms with Gasteiger partial charge < -0.3 is 9.88 Å². The van der Waals surface area contributed by atoms with Crippen molar-refractivity contribution in [2.24, 2.45) is 0 Å². The first kappa shape index (κ1) is 12.9. The molecule has 0 amide bonds. The minimum Gasteiger partial charge on any atom is -0.371 e. The Morgan fingerprint density at radius 1 is 1.09 bits per heavy atom. The molecule has 22 heavy (non-hydrogen) atoms. The van der Waals surface area contributed by atoms with Crippen molar-refractivity contribution in [2.75, 3.05) is 11.9 Å². The number of pyridine rings is 1. The number of benzene rings is 1. The van der Waals surface area contributed by atoms with Crippen LogP contribution in [-0.2, 0) is 6.54 Å². The molecule has 0 saturated heterocycles. The van der Waals surface area contributed by atoms with Crippen LogP contribution in [-0.4, -0.2) is 21.1 Å². The molecule has 1 aromatic rings. The number of nitrogens with zero attached hydrogens (tertiary/aromatic N) is 3. The average molecular weight is 295 g/mol. The Balaban J connectivity index is 2.04. The molecular formula is C16H14FN5. The van der Waals surface area contributed by atoms with Crippen molar-refractivity contribution in [1.29, 1.82) is 5.41 Å². The number of nitrogens with one attached hydrogen (secondary N) is 2. The lowest BCUT2D eigenvalue weighted by Gasteiger charge is -2.25. The number of halogens is 1. The molecule has 0 saturated carbocycles. The van der Waals surface area contributed by atoms with Crippen molar-refractivity contribution in [3.05, 3.63) is 47.8 Å². The van der Waals surface area contributed by atoms with Crippen LogP contribution in [0.4, 0.5) is 10.2 Å². The maximum Gasteiger partial charge on any atom is 0.244 e. The SMILES string of the molecule is N=c1nc(-c2ccccc2F)c2ccc3n(c-2n1)CCCN3. The van der Waals surface area contributed by atoms with Crippen molar-refractivity contribution < 1.29 is 4.39 Å². The van der Waals surface area contributed by atoms with Crippen LogP contribution in [0.15, 0.2) is 36.4 Å². The fourth-order valence-corrected chi connectivity index (χ4v) is 2.88. The highest BCUT2D eigenvalue weighted by Gasteiger charge is 2.21. The van der Waals surface area contributed by atoms with Gasteiger partial charge in [0.05, 0.1) is 5.69 Å². The van der Waals surface area contributed by atoms with E-state index in [1.54, 1.807) is 18.2 Å². The van der Waals surface area contributed by atoms with Crippen LogP contribution in [0, 0.1) is 11.2 Å². The second-order valence-electron chi connectivity index (χ2n) is 5.26. The first-order valence-electron chi connectivity index (χ1n) is 7.19. The minimum absolute atomic E-state index is 0.0998. The van der Waals surface area contributed by atoms with Crippen molar-refractivity contribution in [1.82, 2.24) is 14.5 Å². The highest BCUT2D eigenvalue weighted by Crippen LogP contribution is 2.33. The van der Waals surface area contributed by atoms with E-state index in [-0.39, 0.29) is 11.4 Å². The van der Waals surface area contributed by atoms with Gasteiger partial charge in [-0.2, -0.15) is 4.98 Å². The minimum atomic E-state index is -0.345. The molecule has 4 rings (SSSR count). The number of aromatic nitrogens is 3. The van der Waals surface area contributed by atoms with Gasteiger partial charge in [-0.05, 0) is 30.7 Å². The van der Waals surface area contributed by atoms with Gasteiger partial charge >= 0.3 is 0 Å². The van der Waals surface area contributed by atoms with Gasteiger partial charge in [0.2, 0.25) is 5.62 Å². The van der Waals surface area contributed by atoms with Crippen molar-refractivity contribution in [3.8, 4) is 22.6 Å². The molecule has 0 bridgehead atoms. The van der Waals surface area contributed by atoms with E-state index in [1.807, 2.05) is 16.7 Å². The summed E-state index contributed by atoms with van der Waals surface area (Å²) in [4.78, 5) is 8.42. The Labute approximate surface area is 126 Å². The Hall–Kier alpha value is -2.76. The first-order chi connectivity index (χ1) is 10.7. The second-order valence-corrected chi connectivity index (χ2v) is 5.26. The van der Waals surface area contributed by atoms with Gasteiger partial charge in [-0.1, -0.05) is 12.1 Å². The van der Waals surface area contributed by atoms with E-state index < -0.39 is 0 Å². The number of hydrogen-bond donors (Lipinski definition) is 2. The molecule has 0 atom stereocenters. The summed E-state index contributed by atoms with van der Waals surface area (Å²) >= 11 is 0. The smallest absolute Gasteiger partial charge is 0.244 e. The summed E-state index contributed by atoms with van der Waals surface area (Å²) in [6, 6.07) is 10.3. The van der Waals surface area contributed by atoms with E-state index in [0.717, 1.165) is 30.9 Å². The summed E-state index contributed by atoms with van der Waals surface area (Å²) in [6.07, 6.45) is 0.989. The highest BCUT2D eigenvalue weighted by atomic mass is 19.1. The molecule has 3 aliphatic rings. The van der Waals surface area contributed by atoms with E-state index in [0.29, 0.717) is 17.1 Å². The quantitative estimate of drug-likeness (QED) is 0.725. The molecular weight excluding hydrogens is 281 g/mol. The third-order valence-electron chi connectivity index (χ3n) is 3.87. The zero-order chi connectivity index (χ0) is 15.1. The Morgan fingerprint density at radius 2 is 1.95 bits per heavy atom. The zero-order valence-electron chi connectivity index (χ0n) is 11.8. The van der Waals surface area contributed by atoms with Gasteiger partial charge in [0, 0.05) is 24.2 Å². The zero-order valence-corrected chi connectivity index (χ0v) is 11.8. The fourth-order valence-electron chi connectivity index (χ4n) is 2.88. The van der Waals surface area contributed by atoms with Gasteiger partial charge in [0.1, 0.15) is 17.5 Å². The Morgan fingerprint density at radius 3 is 2.82 bits per heavy atom. The van der Waals surface area contributed by atoms with Crippen LogP contribution < -0.4 is 10.9 Å². The van der Waals surface area contributed by atoms with Crippen molar-refractivity contribution in [2.45, 2.75) is 13.0 Å². The Bertz CT molecular complexity index is 886. The molecule has 0 aromatic heterocycles. The molecule has 3 heterocycles. The van der Waals surface area contributed by atoms with E-state index in [9.17, 15) is 4.39 Å². The van der Waals surface area contributed by atoms with Crippen molar-refractivity contribution >= 4 is 5.82 Å². The van der Waals surface area contributed by atoms with Crippen LogP contribution in [0.5, 0.6) is 0 Å². The number of hydrogen-bond acceptors (Lipinski definition) is 4. The standard InChI is InChI=1S/C16H14FN5/c17-12-5-2-1-4-10(12)14-11-6-7-13-19-8-3-9-22(13)15(11)21-16(18)20-14/h1-2,4-7,18-19H,3,8-9H2. The van der Waals surface area contributed by atoms with Crippen LogP contribution in [0.3, 0.4) is 0 Å². The molecule has 0 fully saturated rings. The maximum atomic E-state index is 14.1. The van der Waals surface area contributed by atoms with Crippen LogP contribution in [0.25, 0.3) is 22.6 Å². The number of anilines is 1. The van der Waals surface area contributed by atoms with Gasteiger partial charge in [-0.3, -0.25) is 5.41 Å². The predicted octanol–water partition coefficient (Wildman–Crippen LogP) is 2.48. The second kappa shape index (κ2) is 4.91. The molecule has 0 radical (unpaired) electrons. The molecule has 2 N–H and O–H groups in total. The summed E-state index contributed by atoms with van der Waals surface area (Å²) in [7, 11) is 0. The maximum absolute atomic E-state index is 14.1. The van der Waals surface area contributed by atoms with Crippen LogP contribution in [0.2, 0.25) is 0 Å². The molecule has 6 heteroatoms. The topological polar surface area (TPSA) is 66.6 Å². The molecule has 0 unspecified atom stereocenters. The summed E-state index contributed by atoms with van der Waals surface area (Å²) < 4.78 is 16.2. The monoisotopic (exact) mass is 295 g/mol. The number of fused-ring (bicyclic) bond motifs is 3.